The minimum atomic E-state index is -0.232. The van der Waals surface area contributed by atoms with E-state index in [1.807, 2.05) is 54.4 Å². The Bertz CT molecular complexity index is 859. The summed E-state index contributed by atoms with van der Waals surface area (Å²) in [7, 11) is 0. The van der Waals surface area contributed by atoms with Gasteiger partial charge in [0.05, 0.1) is 12.6 Å². The molecule has 5 nitrogen and oxygen atoms in total. The number of aromatic nitrogens is 1. The predicted molar refractivity (Wildman–Crippen MR) is 104 cm³/mol. The molecule has 1 fully saturated rings. The summed E-state index contributed by atoms with van der Waals surface area (Å²) in [6, 6.07) is 11.5. The standard InChI is InChI=1S/C21H24ClN3O2/c1-2-23(21(27)15-9-10-15)14-19(26)25-13-12-24-11-5-8-18(24)20(25)16-6-3-4-7-17(16)22/h3-8,11,15,20H,2,9-10,12-14H2,1H3. The molecule has 1 aliphatic heterocycles. The van der Waals surface area contributed by atoms with Crippen molar-refractivity contribution in [3.63, 3.8) is 0 Å². The molecule has 0 spiro atoms. The van der Waals surface area contributed by atoms with Crippen LogP contribution in [-0.2, 0) is 16.1 Å². The topological polar surface area (TPSA) is 45.6 Å². The lowest BCUT2D eigenvalue weighted by atomic mass is 9.99. The summed E-state index contributed by atoms with van der Waals surface area (Å²) < 4.78 is 2.17. The summed E-state index contributed by atoms with van der Waals surface area (Å²) in [6.45, 7) is 3.97. The van der Waals surface area contributed by atoms with E-state index in [-0.39, 0.29) is 30.3 Å². The number of likely N-dealkylation sites (N-methyl/N-ethyl adjacent to an activating group) is 1. The van der Waals surface area contributed by atoms with Gasteiger partial charge in [0, 0.05) is 42.5 Å². The number of hydrogen-bond donors (Lipinski definition) is 0. The van der Waals surface area contributed by atoms with Gasteiger partial charge in [0.2, 0.25) is 11.8 Å². The quantitative estimate of drug-likeness (QED) is 0.792. The van der Waals surface area contributed by atoms with Crippen LogP contribution in [0, 0.1) is 5.92 Å². The van der Waals surface area contributed by atoms with Crippen LogP contribution in [0.3, 0.4) is 0 Å². The number of benzene rings is 1. The summed E-state index contributed by atoms with van der Waals surface area (Å²) >= 11 is 6.48. The van der Waals surface area contributed by atoms with Crippen LogP contribution in [0.15, 0.2) is 42.6 Å². The van der Waals surface area contributed by atoms with Crippen LogP contribution in [0.25, 0.3) is 0 Å². The van der Waals surface area contributed by atoms with Crippen molar-refractivity contribution >= 4 is 23.4 Å². The van der Waals surface area contributed by atoms with E-state index >= 15 is 0 Å². The molecule has 142 valence electrons. The molecule has 1 saturated carbocycles. The number of fused-ring (bicyclic) bond motifs is 1. The van der Waals surface area contributed by atoms with Gasteiger partial charge >= 0.3 is 0 Å². The third-order valence-electron chi connectivity index (χ3n) is 5.50. The van der Waals surface area contributed by atoms with Crippen LogP contribution < -0.4 is 0 Å². The molecule has 0 saturated heterocycles. The Balaban J connectivity index is 1.63. The number of carbonyl (C=O) groups excluding carboxylic acids is 2. The molecular formula is C21H24ClN3O2. The molecule has 2 amide bonds. The number of amides is 2. The van der Waals surface area contributed by atoms with Crippen LogP contribution in [0.1, 0.15) is 37.1 Å². The number of nitrogens with zero attached hydrogens (tertiary/aromatic N) is 3. The van der Waals surface area contributed by atoms with E-state index in [1.54, 1.807) is 4.90 Å². The zero-order valence-corrected chi connectivity index (χ0v) is 16.2. The Morgan fingerprint density at radius 1 is 1.15 bits per heavy atom. The first-order valence-corrected chi connectivity index (χ1v) is 9.95. The van der Waals surface area contributed by atoms with Crippen molar-refractivity contribution in [3.05, 3.63) is 58.9 Å². The number of carbonyl (C=O) groups is 2. The van der Waals surface area contributed by atoms with Crippen LogP contribution in [0.4, 0.5) is 0 Å². The average molecular weight is 386 g/mol. The maximum atomic E-state index is 13.2. The van der Waals surface area contributed by atoms with Gasteiger partial charge < -0.3 is 14.4 Å². The van der Waals surface area contributed by atoms with Crippen LogP contribution in [-0.4, -0.2) is 45.8 Å². The second-order valence-corrected chi connectivity index (χ2v) is 7.67. The highest BCUT2D eigenvalue weighted by Crippen LogP contribution is 2.36. The minimum absolute atomic E-state index is 0.0248. The van der Waals surface area contributed by atoms with Gasteiger partial charge in [-0.1, -0.05) is 29.8 Å². The molecule has 0 N–H and O–H groups in total. The third kappa shape index (κ3) is 3.48. The fourth-order valence-electron chi connectivity index (χ4n) is 3.86. The van der Waals surface area contributed by atoms with E-state index in [2.05, 4.69) is 4.57 Å². The molecule has 2 aromatic rings. The van der Waals surface area contributed by atoms with Crippen molar-refractivity contribution in [3.8, 4) is 0 Å². The largest absolute Gasteiger partial charge is 0.348 e. The Morgan fingerprint density at radius 3 is 2.63 bits per heavy atom. The lowest BCUT2D eigenvalue weighted by Crippen LogP contribution is -2.48. The van der Waals surface area contributed by atoms with Crippen molar-refractivity contribution in [2.45, 2.75) is 32.4 Å². The fourth-order valence-corrected chi connectivity index (χ4v) is 4.10. The Kier molecular flexibility index (Phi) is 4.96. The number of hydrogen-bond acceptors (Lipinski definition) is 2. The van der Waals surface area contributed by atoms with Crippen molar-refractivity contribution in [2.75, 3.05) is 19.6 Å². The molecule has 1 atom stereocenters. The molecule has 1 unspecified atom stereocenters. The van der Waals surface area contributed by atoms with Gasteiger partial charge in [0.25, 0.3) is 0 Å². The summed E-state index contributed by atoms with van der Waals surface area (Å²) in [5.74, 6) is 0.208. The van der Waals surface area contributed by atoms with Gasteiger partial charge in [-0.3, -0.25) is 9.59 Å². The van der Waals surface area contributed by atoms with E-state index < -0.39 is 0 Å². The normalized spacial score (nSPS) is 18.9. The van der Waals surface area contributed by atoms with Gasteiger partial charge in [-0.15, -0.1) is 0 Å². The number of halogens is 1. The molecule has 1 aromatic heterocycles. The van der Waals surface area contributed by atoms with E-state index in [0.717, 1.165) is 30.6 Å². The first-order valence-electron chi connectivity index (χ1n) is 9.58. The van der Waals surface area contributed by atoms with Crippen LogP contribution >= 0.6 is 11.6 Å². The van der Waals surface area contributed by atoms with Crippen molar-refractivity contribution in [1.29, 1.82) is 0 Å². The van der Waals surface area contributed by atoms with Crippen molar-refractivity contribution < 1.29 is 9.59 Å². The Hall–Kier alpha value is -2.27. The highest BCUT2D eigenvalue weighted by Gasteiger charge is 2.37. The fraction of sp³-hybridized carbons (Fsp3) is 0.429. The summed E-state index contributed by atoms with van der Waals surface area (Å²) in [6.07, 6.45) is 3.93. The third-order valence-corrected chi connectivity index (χ3v) is 5.85. The highest BCUT2D eigenvalue weighted by atomic mass is 35.5. The molecule has 1 aliphatic carbocycles. The van der Waals surface area contributed by atoms with Gasteiger partial charge in [-0.2, -0.15) is 0 Å². The zero-order valence-electron chi connectivity index (χ0n) is 15.5. The zero-order chi connectivity index (χ0) is 19.0. The monoisotopic (exact) mass is 385 g/mol. The van der Waals surface area contributed by atoms with E-state index in [4.69, 9.17) is 11.6 Å². The Labute approximate surface area is 164 Å². The van der Waals surface area contributed by atoms with Gasteiger partial charge in [0.15, 0.2) is 0 Å². The van der Waals surface area contributed by atoms with Crippen LogP contribution in [0.5, 0.6) is 0 Å². The van der Waals surface area contributed by atoms with Gasteiger partial charge in [0.1, 0.15) is 0 Å². The molecule has 0 bridgehead atoms. The first kappa shape index (κ1) is 18.1. The molecule has 27 heavy (non-hydrogen) atoms. The second kappa shape index (κ2) is 7.39. The second-order valence-electron chi connectivity index (χ2n) is 7.26. The van der Waals surface area contributed by atoms with Crippen molar-refractivity contribution in [1.82, 2.24) is 14.4 Å². The highest BCUT2D eigenvalue weighted by molar-refractivity contribution is 6.31. The maximum Gasteiger partial charge on any atom is 0.243 e. The van der Waals surface area contributed by atoms with Gasteiger partial charge in [-0.25, -0.2) is 0 Å². The molecule has 1 aromatic carbocycles. The smallest absolute Gasteiger partial charge is 0.243 e. The Morgan fingerprint density at radius 2 is 1.93 bits per heavy atom. The molecule has 0 radical (unpaired) electrons. The SMILES string of the molecule is CCN(CC(=O)N1CCn2cccc2C1c1ccccc1Cl)C(=O)C1CC1. The van der Waals surface area contributed by atoms with Crippen LogP contribution in [0.2, 0.25) is 5.02 Å². The summed E-state index contributed by atoms with van der Waals surface area (Å²) in [5, 5.41) is 0.649. The average Bonchev–Trinajstić information content (AvgIpc) is 3.42. The van der Waals surface area contributed by atoms with E-state index in [9.17, 15) is 9.59 Å². The first-order chi connectivity index (χ1) is 13.1. The molecule has 2 heterocycles. The molecule has 6 heteroatoms. The van der Waals surface area contributed by atoms with E-state index in [0.29, 0.717) is 18.1 Å². The lowest BCUT2D eigenvalue weighted by molar-refractivity contribution is -0.142. The van der Waals surface area contributed by atoms with E-state index in [1.165, 1.54) is 0 Å². The van der Waals surface area contributed by atoms with Gasteiger partial charge in [-0.05, 0) is 43.5 Å². The summed E-state index contributed by atoms with van der Waals surface area (Å²) in [4.78, 5) is 29.2. The predicted octanol–water partition coefficient (Wildman–Crippen LogP) is 3.33. The summed E-state index contributed by atoms with van der Waals surface area (Å²) in [5.41, 5.74) is 1.98. The number of rotatable bonds is 5. The van der Waals surface area contributed by atoms with Crippen molar-refractivity contribution in [2.24, 2.45) is 5.92 Å². The lowest BCUT2D eigenvalue weighted by Gasteiger charge is -2.38. The molecular weight excluding hydrogens is 362 g/mol. The minimum Gasteiger partial charge on any atom is -0.348 e. The maximum absolute atomic E-state index is 13.2. The molecule has 2 aliphatic rings. The molecule has 4 rings (SSSR count).